The Hall–Kier alpha value is -3.68. The molecule has 0 spiro atoms. The Bertz CT molecular complexity index is 872. The quantitative estimate of drug-likeness (QED) is 0.366. The van der Waals surface area contributed by atoms with Crippen LogP contribution >= 0.6 is 0 Å². The summed E-state index contributed by atoms with van der Waals surface area (Å²) < 4.78 is 4.94. The molecule has 0 aliphatic heterocycles. The number of benzene rings is 2. The molecule has 0 bridgehead atoms. The standard InChI is InChI=1S/C19H18O8/c20-13-6-4-11(8-15(13)22)2-1-3-18(24)27-17(19(25)26)10-12-5-7-14(21)16(23)9-12/h1-2,4-9,17,20-23H,3,10H2,(H,25,26)/b2-1+/t17-/m1/s1. The molecule has 8 nitrogen and oxygen atoms in total. The third kappa shape index (κ3) is 5.67. The highest BCUT2D eigenvalue weighted by atomic mass is 16.6. The molecule has 0 aliphatic carbocycles. The topological polar surface area (TPSA) is 145 Å². The van der Waals surface area contributed by atoms with Gasteiger partial charge in [-0.3, -0.25) is 4.79 Å². The van der Waals surface area contributed by atoms with Gasteiger partial charge in [-0.2, -0.15) is 0 Å². The number of ether oxygens (including phenoxy) is 1. The molecule has 0 saturated carbocycles. The minimum Gasteiger partial charge on any atom is -0.504 e. The summed E-state index contributed by atoms with van der Waals surface area (Å²) in [6.07, 6.45) is 1.11. The van der Waals surface area contributed by atoms with E-state index in [0.29, 0.717) is 11.1 Å². The van der Waals surface area contributed by atoms with Crippen LogP contribution < -0.4 is 0 Å². The van der Waals surface area contributed by atoms with Gasteiger partial charge in [-0.25, -0.2) is 4.79 Å². The van der Waals surface area contributed by atoms with Gasteiger partial charge < -0.3 is 30.3 Å². The van der Waals surface area contributed by atoms with Gasteiger partial charge in [0.25, 0.3) is 0 Å². The molecule has 0 saturated heterocycles. The molecule has 0 radical (unpaired) electrons. The average molecular weight is 374 g/mol. The van der Waals surface area contributed by atoms with Crippen molar-refractivity contribution in [3.05, 3.63) is 53.6 Å². The van der Waals surface area contributed by atoms with Crippen molar-refractivity contribution in [2.75, 3.05) is 0 Å². The summed E-state index contributed by atoms with van der Waals surface area (Å²) in [7, 11) is 0. The first kappa shape index (κ1) is 19.6. The lowest BCUT2D eigenvalue weighted by Crippen LogP contribution is -2.29. The number of carbonyl (C=O) groups excluding carboxylic acids is 1. The van der Waals surface area contributed by atoms with Crippen LogP contribution in [0.3, 0.4) is 0 Å². The number of esters is 1. The van der Waals surface area contributed by atoms with E-state index in [0.717, 1.165) is 0 Å². The van der Waals surface area contributed by atoms with Crippen molar-refractivity contribution in [2.45, 2.75) is 18.9 Å². The number of carboxylic acid groups (broad SMARTS) is 1. The van der Waals surface area contributed by atoms with E-state index in [4.69, 9.17) is 4.74 Å². The highest BCUT2D eigenvalue weighted by Gasteiger charge is 2.22. The first-order chi connectivity index (χ1) is 12.8. The number of phenols is 4. The summed E-state index contributed by atoms with van der Waals surface area (Å²) in [6.45, 7) is 0. The van der Waals surface area contributed by atoms with Crippen LogP contribution in [0.15, 0.2) is 42.5 Å². The first-order valence-electron chi connectivity index (χ1n) is 7.88. The van der Waals surface area contributed by atoms with E-state index in [9.17, 15) is 35.1 Å². The molecule has 142 valence electrons. The molecule has 0 amide bonds. The lowest BCUT2D eigenvalue weighted by atomic mass is 10.1. The summed E-state index contributed by atoms with van der Waals surface area (Å²) in [5, 5.41) is 46.5. The zero-order chi connectivity index (χ0) is 20.0. The van der Waals surface area contributed by atoms with Crippen LogP contribution in [0.25, 0.3) is 6.08 Å². The van der Waals surface area contributed by atoms with E-state index >= 15 is 0 Å². The lowest BCUT2D eigenvalue weighted by molar-refractivity contribution is -0.163. The summed E-state index contributed by atoms with van der Waals surface area (Å²) in [6, 6.07) is 7.93. The Balaban J connectivity index is 1.95. The molecule has 0 unspecified atom stereocenters. The molecule has 0 aliphatic rings. The van der Waals surface area contributed by atoms with E-state index in [2.05, 4.69) is 0 Å². The minimum absolute atomic E-state index is 0.176. The Labute approximate surface area is 154 Å². The van der Waals surface area contributed by atoms with Crippen molar-refractivity contribution in [1.29, 1.82) is 0 Å². The third-order valence-electron chi connectivity index (χ3n) is 3.60. The maximum absolute atomic E-state index is 11.9. The summed E-state index contributed by atoms with van der Waals surface area (Å²) in [5.41, 5.74) is 0.910. The van der Waals surface area contributed by atoms with Crippen molar-refractivity contribution < 1.29 is 39.9 Å². The van der Waals surface area contributed by atoms with Gasteiger partial charge in [0.2, 0.25) is 6.10 Å². The number of phenolic OH excluding ortho intramolecular Hbond substituents is 4. The second kappa shape index (κ2) is 8.61. The van der Waals surface area contributed by atoms with Gasteiger partial charge in [-0.15, -0.1) is 0 Å². The van der Waals surface area contributed by atoms with Crippen molar-refractivity contribution in [1.82, 2.24) is 0 Å². The fourth-order valence-corrected chi connectivity index (χ4v) is 2.23. The molecule has 0 heterocycles. The smallest absolute Gasteiger partial charge is 0.345 e. The Kier molecular flexibility index (Phi) is 6.27. The SMILES string of the molecule is O=C(C/C=C/c1ccc(O)c(O)c1)O[C@H](Cc1ccc(O)c(O)c1)C(=O)O. The summed E-state index contributed by atoms with van der Waals surface area (Å²) in [5.74, 6) is -3.43. The van der Waals surface area contributed by atoms with E-state index in [-0.39, 0.29) is 30.1 Å². The predicted molar refractivity (Wildman–Crippen MR) is 94.4 cm³/mol. The van der Waals surface area contributed by atoms with Crippen molar-refractivity contribution in [3.8, 4) is 23.0 Å². The fourth-order valence-electron chi connectivity index (χ4n) is 2.23. The largest absolute Gasteiger partial charge is 0.504 e. The minimum atomic E-state index is -1.45. The molecule has 1 atom stereocenters. The Morgan fingerprint density at radius 1 is 0.926 bits per heavy atom. The van der Waals surface area contributed by atoms with E-state index < -0.39 is 23.8 Å². The molecular weight excluding hydrogens is 356 g/mol. The van der Waals surface area contributed by atoms with E-state index in [1.54, 1.807) is 0 Å². The number of hydrogen-bond donors (Lipinski definition) is 5. The van der Waals surface area contributed by atoms with Crippen LogP contribution in [-0.2, 0) is 20.7 Å². The molecule has 0 aromatic heterocycles. The van der Waals surface area contributed by atoms with Gasteiger partial charge in [0.05, 0.1) is 6.42 Å². The maximum Gasteiger partial charge on any atom is 0.345 e. The summed E-state index contributed by atoms with van der Waals surface area (Å²) in [4.78, 5) is 23.2. The average Bonchev–Trinajstić information content (AvgIpc) is 2.60. The van der Waals surface area contributed by atoms with Crippen molar-refractivity contribution in [3.63, 3.8) is 0 Å². The second-order valence-corrected chi connectivity index (χ2v) is 5.70. The monoisotopic (exact) mass is 374 g/mol. The van der Waals surface area contributed by atoms with E-state index in [1.165, 1.54) is 48.6 Å². The normalized spacial score (nSPS) is 12.0. The molecule has 27 heavy (non-hydrogen) atoms. The molecular formula is C19H18O8. The van der Waals surface area contributed by atoms with Crippen molar-refractivity contribution in [2.24, 2.45) is 0 Å². The van der Waals surface area contributed by atoms with E-state index in [1.807, 2.05) is 0 Å². The number of aromatic hydroxyl groups is 4. The number of carboxylic acids is 1. The zero-order valence-electron chi connectivity index (χ0n) is 14.1. The predicted octanol–water partition coefficient (Wildman–Crippen LogP) is 2.15. The first-order valence-corrected chi connectivity index (χ1v) is 7.88. The fraction of sp³-hybridized carbons (Fsp3) is 0.158. The lowest BCUT2D eigenvalue weighted by Gasteiger charge is -2.13. The van der Waals surface area contributed by atoms with Crippen LogP contribution in [-0.4, -0.2) is 43.6 Å². The van der Waals surface area contributed by atoms with Gasteiger partial charge in [0.1, 0.15) is 0 Å². The third-order valence-corrected chi connectivity index (χ3v) is 3.60. The molecule has 5 N–H and O–H groups in total. The van der Waals surface area contributed by atoms with Gasteiger partial charge in [-0.05, 0) is 35.4 Å². The van der Waals surface area contributed by atoms with Crippen LogP contribution in [0.2, 0.25) is 0 Å². The number of hydrogen-bond acceptors (Lipinski definition) is 7. The number of carbonyl (C=O) groups is 2. The molecule has 0 fully saturated rings. The van der Waals surface area contributed by atoms with Gasteiger partial charge in [0, 0.05) is 6.42 Å². The number of rotatable bonds is 7. The maximum atomic E-state index is 11.9. The van der Waals surface area contributed by atoms with Crippen LogP contribution in [0, 0.1) is 0 Å². The molecule has 2 aromatic rings. The Morgan fingerprint density at radius 3 is 2.15 bits per heavy atom. The van der Waals surface area contributed by atoms with Crippen LogP contribution in [0.1, 0.15) is 17.5 Å². The highest BCUT2D eigenvalue weighted by Crippen LogP contribution is 2.26. The second-order valence-electron chi connectivity index (χ2n) is 5.70. The molecule has 8 heteroatoms. The highest BCUT2D eigenvalue weighted by molar-refractivity contribution is 5.79. The molecule has 2 aromatic carbocycles. The van der Waals surface area contributed by atoms with Crippen LogP contribution in [0.4, 0.5) is 0 Å². The van der Waals surface area contributed by atoms with Crippen LogP contribution in [0.5, 0.6) is 23.0 Å². The van der Waals surface area contributed by atoms with Crippen molar-refractivity contribution >= 4 is 18.0 Å². The molecule has 2 rings (SSSR count). The number of aliphatic carboxylic acids is 1. The zero-order valence-corrected chi connectivity index (χ0v) is 14.1. The summed E-state index contributed by atoms with van der Waals surface area (Å²) >= 11 is 0. The Morgan fingerprint density at radius 2 is 1.56 bits per heavy atom. The van der Waals surface area contributed by atoms with Gasteiger partial charge in [-0.1, -0.05) is 24.3 Å². The van der Waals surface area contributed by atoms with Gasteiger partial charge >= 0.3 is 11.9 Å². The van der Waals surface area contributed by atoms with Gasteiger partial charge in [0.15, 0.2) is 23.0 Å².